The second-order valence-corrected chi connectivity index (χ2v) is 7.30. The number of piperazine rings is 1. The summed E-state index contributed by atoms with van der Waals surface area (Å²) in [5, 5.41) is 0. The Balaban J connectivity index is 1.77. The Kier molecular flexibility index (Phi) is 3.20. The highest BCUT2D eigenvalue weighted by atomic mass is 16.2. The predicted octanol–water partition coefficient (Wildman–Crippen LogP) is 1.55. The molecule has 1 heterocycles. The lowest BCUT2D eigenvalue weighted by Gasteiger charge is -2.39. The summed E-state index contributed by atoms with van der Waals surface area (Å²) in [6.45, 7) is 10.7. The van der Waals surface area contributed by atoms with Crippen LogP contribution in [0.2, 0.25) is 0 Å². The molecule has 112 valence electrons. The molecule has 1 amide bonds. The quantitative estimate of drug-likeness (QED) is 0.720. The van der Waals surface area contributed by atoms with Gasteiger partial charge in [0.05, 0.1) is 0 Å². The highest BCUT2D eigenvalue weighted by molar-refractivity contribution is 6.10. The molecule has 4 heteroatoms. The molecule has 0 N–H and O–H groups in total. The second-order valence-electron chi connectivity index (χ2n) is 7.30. The molecule has 3 aliphatic rings. The Morgan fingerprint density at radius 3 is 2.40 bits per heavy atom. The van der Waals surface area contributed by atoms with Crippen molar-refractivity contribution < 1.29 is 9.59 Å². The second kappa shape index (κ2) is 4.55. The van der Waals surface area contributed by atoms with E-state index in [2.05, 4.69) is 11.8 Å². The summed E-state index contributed by atoms with van der Waals surface area (Å²) in [5.41, 5.74) is -0.957. The van der Waals surface area contributed by atoms with E-state index in [1.807, 2.05) is 18.7 Å². The van der Waals surface area contributed by atoms with E-state index < -0.39 is 5.41 Å². The van der Waals surface area contributed by atoms with Crippen LogP contribution in [0.15, 0.2) is 0 Å². The van der Waals surface area contributed by atoms with Gasteiger partial charge in [-0.25, -0.2) is 0 Å². The summed E-state index contributed by atoms with van der Waals surface area (Å²) in [4.78, 5) is 30.0. The first kappa shape index (κ1) is 14.1. The molecule has 3 rings (SSSR count). The molecule has 2 aliphatic carbocycles. The fourth-order valence-corrected chi connectivity index (χ4v) is 4.53. The van der Waals surface area contributed by atoms with Crippen LogP contribution in [-0.4, -0.2) is 54.2 Å². The van der Waals surface area contributed by atoms with E-state index in [9.17, 15) is 9.59 Å². The average molecular weight is 278 g/mol. The average Bonchev–Trinajstić information content (AvgIpc) is 2.98. The predicted molar refractivity (Wildman–Crippen MR) is 77.3 cm³/mol. The van der Waals surface area contributed by atoms with Gasteiger partial charge in [0.15, 0.2) is 5.78 Å². The number of hydrogen-bond acceptors (Lipinski definition) is 3. The summed E-state index contributed by atoms with van der Waals surface area (Å²) in [6, 6.07) is 0. The van der Waals surface area contributed by atoms with Crippen LogP contribution in [0, 0.1) is 16.7 Å². The summed E-state index contributed by atoms with van der Waals surface area (Å²) in [7, 11) is 0. The molecular formula is C16H26N2O2. The lowest BCUT2D eigenvalue weighted by atomic mass is 9.70. The molecule has 2 saturated carbocycles. The van der Waals surface area contributed by atoms with E-state index >= 15 is 0 Å². The Morgan fingerprint density at radius 2 is 1.90 bits per heavy atom. The maximum absolute atomic E-state index is 13.0. The number of amides is 1. The Morgan fingerprint density at radius 1 is 1.25 bits per heavy atom. The van der Waals surface area contributed by atoms with Crippen LogP contribution >= 0.6 is 0 Å². The number of ketones is 1. The molecule has 0 unspecified atom stereocenters. The van der Waals surface area contributed by atoms with Gasteiger partial charge >= 0.3 is 0 Å². The minimum Gasteiger partial charge on any atom is -0.339 e. The zero-order chi connectivity index (χ0) is 14.5. The van der Waals surface area contributed by atoms with Gasteiger partial charge in [-0.3, -0.25) is 9.59 Å². The van der Waals surface area contributed by atoms with Crippen molar-refractivity contribution in [3.63, 3.8) is 0 Å². The van der Waals surface area contributed by atoms with Gasteiger partial charge in [0.25, 0.3) is 0 Å². The van der Waals surface area contributed by atoms with Gasteiger partial charge in [0, 0.05) is 31.6 Å². The number of fused-ring (bicyclic) bond motifs is 2. The topological polar surface area (TPSA) is 40.6 Å². The van der Waals surface area contributed by atoms with Crippen LogP contribution in [0.5, 0.6) is 0 Å². The molecule has 3 fully saturated rings. The number of hydrogen-bond donors (Lipinski definition) is 0. The molecule has 0 radical (unpaired) electrons. The summed E-state index contributed by atoms with van der Waals surface area (Å²) < 4.78 is 0. The van der Waals surface area contributed by atoms with Gasteiger partial charge in [-0.15, -0.1) is 0 Å². The van der Waals surface area contributed by atoms with Crippen molar-refractivity contribution in [3.8, 4) is 0 Å². The standard InChI is InChI=1S/C16H26N2O2/c1-4-17-7-9-18(10-8-17)14(20)16-6-5-12(11-16)15(2,3)13(16)19/h12H,4-11H2,1-3H3/t12-,16-/m0/s1. The molecule has 0 aromatic heterocycles. The van der Waals surface area contributed by atoms with E-state index in [1.54, 1.807) is 0 Å². The van der Waals surface area contributed by atoms with Crippen LogP contribution in [0.3, 0.4) is 0 Å². The monoisotopic (exact) mass is 278 g/mol. The molecule has 20 heavy (non-hydrogen) atoms. The number of carbonyl (C=O) groups excluding carboxylic acids is 2. The molecule has 2 atom stereocenters. The molecular weight excluding hydrogens is 252 g/mol. The van der Waals surface area contributed by atoms with Gasteiger partial charge in [0.1, 0.15) is 5.41 Å². The largest absolute Gasteiger partial charge is 0.339 e. The number of carbonyl (C=O) groups is 2. The van der Waals surface area contributed by atoms with E-state index in [-0.39, 0.29) is 17.1 Å². The number of Topliss-reactive ketones (excluding diaryl/α,β-unsaturated/α-hetero) is 1. The third kappa shape index (κ3) is 1.77. The summed E-state index contributed by atoms with van der Waals surface area (Å²) in [5.74, 6) is 0.756. The SMILES string of the molecule is CCN1CCN(C(=O)[C@@]23CC[C@@H](C2)C(C)(C)C3=O)CC1. The molecule has 0 aromatic carbocycles. The minimum absolute atomic E-state index is 0.131. The van der Waals surface area contributed by atoms with Gasteiger partial charge in [-0.1, -0.05) is 20.8 Å². The van der Waals surface area contributed by atoms with Crippen molar-refractivity contribution in [2.24, 2.45) is 16.7 Å². The smallest absolute Gasteiger partial charge is 0.236 e. The minimum atomic E-state index is -0.664. The first-order valence-electron chi connectivity index (χ1n) is 7.98. The summed E-state index contributed by atoms with van der Waals surface area (Å²) in [6.07, 6.45) is 2.62. The number of nitrogens with zero attached hydrogens (tertiary/aromatic N) is 2. The molecule has 1 aliphatic heterocycles. The van der Waals surface area contributed by atoms with Crippen LogP contribution < -0.4 is 0 Å². The Labute approximate surface area is 121 Å². The fraction of sp³-hybridized carbons (Fsp3) is 0.875. The van der Waals surface area contributed by atoms with Crippen LogP contribution in [-0.2, 0) is 9.59 Å². The zero-order valence-corrected chi connectivity index (χ0v) is 12.9. The van der Waals surface area contributed by atoms with Gasteiger partial charge in [-0.05, 0) is 31.7 Å². The van der Waals surface area contributed by atoms with Crippen LogP contribution in [0.1, 0.15) is 40.0 Å². The van der Waals surface area contributed by atoms with Gasteiger partial charge in [-0.2, -0.15) is 0 Å². The third-order valence-electron chi connectivity index (χ3n) is 6.07. The van der Waals surface area contributed by atoms with E-state index in [4.69, 9.17) is 0 Å². The van der Waals surface area contributed by atoms with Crippen molar-refractivity contribution in [3.05, 3.63) is 0 Å². The van der Waals surface area contributed by atoms with Crippen molar-refractivity contribution in [2.75, 3.05) is 32.7 Å². The first-order chi connectivity index (χ1) is 9.41. The normalized spacial score (nSPS) is 36.6. The lowest BCUT2D eigenvalue weighted by molar-refractivity contribution is -0.152. The Bertz CT molecular complexity index is 438. The van der Waals surface area contributed by atoms with E-state index in [1.165, 1.54) is 0 Å². The Hall–Kier alpha value is -0.900. The van der Waals surface area contributed by atoms with Crippen molar-refractivity contribution in [1.29, 1.82) is 0 Å². The lowest BCUT2D eigenvalue weighted by Crippen LogP contribution is -2.55. The zero-order valence-electron chi connectivity index (χ0n) is 12.9. The summed E-state index contributed by atoms with van der Waals surface area (Å²) >= 11 is 0. The third-order valence-corrected chi connectivity index (χ3v) is 6.07. The van der Waals surface area contributed by atoms with Crippen LogP contribution in [0.25, 0.3) is 0 Å². The molecule has 0 aromatic rings. The van der Waals surface area contributed by atoms with E-state index in [0.29, 0.717) is 5.92 Å². The number of likely N-dealkylation sites (N-methyl/N-ethyl adjacent to an activating group) is 1. The van der Waals surface area contributed by atoms with Crippen molar-refractivity contribution in [2.45, 2.75) is 40.0 Å². The van der Waals surface area contributed by atoms with Gasteiger partial charge in [0.2, 0.25) is 5.91 Å². The molecule has 0 spiro atoms. The van der Waals surface area contributed by atoms with Crippen molar-refractivity contribution >= 4 is 11.7 Å². The van der Waals surface area contributed by atoms with Crippen LogP contribution in [0.4, 0.5) is 0 Å². The number of rotatable bonds is 2. The maximum Gasteiger partial charge on any atom is 0.236 e. The van der Waals surface area contributed by atoms with E-state index in [0.717, 1.165) is 52.0 Å². The van der Waals surface area contributed by atoms with Crippen molar-refractivity contribution in [1.82, 2.24) is 9.80 Å². The molecule has 1 saturated heterocycles. The fourth-order valence-electron chi connectivity index (χ4n) is 4.53. The highest BCUT2D eigenvalue weighted by Crippen LogP contribution is 2.60. The maximum atomic E-state index is 13.0. The first-order valence-corrected chi connectivity index (χ1v) is 7.98. The van der Waals surface area contributed by atoms with Gasteiger partial charge < -0.3 is 9.80 Å². The molecule has 2 bridgehead atoms. The highest BCUT2D eigenvalue weighted by Gasteiger charge is 2.65. The molecule has 4 nitrogen and oxygen atoms in total.